The van der Waals surface area contributed by atoms with E-state index in [0.29, 0.717) is 5.75 Å². The minimum absolute atomic E-state index is 0.216. The molecule has 0 saturated heterocycles. The molecular formula is C15H12O4. The fourth-order valence-corrected chi connectivity index (χ4v) is 1.74. The number of carbonyl (C=O) groups is 2. The van der Waals surface area contributed by atoms with Crippen LogP contribution in [0.4, 0.5) is 0 Å². The van der Waals surface area contributed by atoms with Gasteiger partial charge in [-0.1, -0.05) is 30.3 Å². The molecule has 0 aliphatic rings. The molecule has 0 atom stereocenters. The fraction of sp³-hybridized carbons (Fsp3) is 0.0667. The molecule has 0 fully saturated rings. The fourth-order valence-electron chi connectivity index (χ4n) is 1.74. The summed E-state index contributed by atoms with van der Waals surface area (Å²) in [5.41, 5.74) is 1.75. The van der Waals surface area contributed by atoms with Gasteiger partial charge in [0.05, 0.1) is 5.56 Å². The Balaban J connectivity index is 2.41. The molecule has 2 rings (SSSR count). The van der Waals surface area contributed by atoms with E-state index in [1.54, 1.807) is 24.3 Å². The van der Waals surface area contributed by atoms with E-state index in [4.69, 9.17) is 9.84 Å². The van der Waals surface area contributed by atoms with Crippen LogP contribution >= 0.6 is 0 Å². The molecule has 4 heteroatoms. The Labute approximate surface area is 110 Å². The van der Waals surface area contributed by atoms with Gasteiger partial charge in [-0.15, -0.1) is 0 Å². The van der Waals surface area contributed by atoms with Crippen molar-refractivity contribution in [3.05, 3.63) is 54.1 Å². The lowest BCUT2D eigenvalue weighted by Gasteiger charge is -2.09. The maximum Gasteiger partial charge on any atom is 0.335 e. The summed E-state index contributed by atoms with van der Waals surface area (Å²) in [6, 6.07) is 13.5. The third-order valence-corrected chi connectivity index (χ3v) is 2.58. The smallest absolute Gasteiger partial charge is 0.335 e. The molecule has 19 heavy (non-hydrogen) atoms. The van der Waals surface area contributed by atoms with Gasteiger partial charge >= 0.3 is 11.9 Å². The summed E-state index contributed by atoms with van der Waals surface area (Å²) in [5, 5.41) is 8.85. The van der Waals surface area contributed by atoms with Crippen molar-refractivity contribution in [2.75, 3.05) is 0 Å². The number of carbonyl (C=O) groups excluding carboxylic acids is 1. The van der Waals surface area contributed by atoms with Crippen molar-refractivity contribution >= 4 is 11.9 Å². The zero-order chi connectivity index (χ0) is 13.8. The molecule has 0 bridgehead atoms. The summed E-state index contributed by atoms with van der Waals surface area (Å²) in [5.74, 6) is -0.910. The molecule has 1 N–H and O–H groups in total. The van der Waals surface area contributed by atoms with Gasteiger partial charge in [0.15, 0.2) is 0 Å². The maximum absolute atomic E-state index is 11.0. The molecule has 2 aromatic rings. The Morgan fingerprint density at radius 1 is 1.00 bits per heavy atom. The Morgan fingerprint density at radius 2 is 1.63 bits per heavy atom. The van der Waals surface area contributed by atoms with Crippen LogP contribution in [0.5, 0.6) is 5.75 Å². The highest BCUT2D eigenvalue weighted by molar-refractivity contribution is 5.88. The van der Waals surface area contributed by atoms with E-state index in [0.717, 1.165) is 11.1 Å². The van der Waals surface area contributed by atoms with Gasteiger partial charge in [0.25, 0.3) is 0 Å². The highest BCUT2D eigenvalue weighted by Gasteiger charge is 2.09. The predicted molar refractivity (Wildman–Crippen MR) is 70.1 cm³/mol. The number of benzene rings is 2. The number of hydrogen-bond donors (Lipinski definition) is 1. The van der Waals surface area contributed by atoms with Crippen molar-refractivity contribution in [2.45, 2.75) is 6.92 Å². The number of para-hydroxylation sites is 1. The lowest BCUT2D eigenvalue weighted by atomic mass is 10.0. The normalized spacial score (nSPS) is 9.95. The number of aromatic carboxylic acids is 1. The van der Waals surface area contributed by atoms with Crippen LogP contribution in [-0.4, -0.2) is 17.0 Å². The zero-order valence-electron chi connectivity index (χ0n) is 10.3. The number of hydrogen-bond acceptors (Lipinski definition) is 3. The van der Waals surface area contributed by atoms with Gasteiger partial charge in [-0.05, 0) is 23.8 Å². The lowest BCUT2D eigenvalue weighted by molar-refractivity contribution is -0.131. The molecular weight excluding hydrogens is 244 g/mol. The molecule has 0 aliphatic heterocycles. The summed E-state index contributed by atoms with van der Waals surface area (Å²) < 4.78 is 5.12. The van der Waals surface area contributed by atoms with E-state index >= 15 is 0 Å². The third kappa shape index (κ3) is 2.98. The quantitative estimate of drug-likeness (QED) is 0.677. The van der Waals surface area contributed by atoms with Gasteiger partial charge < -0.3 is 9.84 Å². The largest absolute Gasteiger partial charge is 0.478 e. The Morgan fingerprint density at radius 3 is 2.21 bits per heavy atom. The number of rotatable bonds is 3. The van der Waals surface area contributed by atoms with Gasteiger partial charge in [0, 0.05) is 12.5 Å². The molecule has 0 unspecified atom stereocenters. The average Bonchev–Trinajstić information content (AvgIpc) is 2.39. The van der Waals surface area contributed by atoms with Crippen LogP contribution in [0, 0.1) is 0 Å². The van der Waals surface area contributed by atoms with Gasteiger partial charge in [-0.2, -0.15) is 0 Å². The molecule has 0 amide bonds. The van der Waals surface area contributed by atoms with Crippen molar-refractivity contribution in [1.29, 1.82) is 0 Å². The van der Waals surface area contributed by atoms with E-state index in [1.807, 2.05) is 12.1 Å². The summed E-state index contributed by atoms with van der Waals surface area (Å²) in [7, 11) is 0. The summed E-state index contributed by atoms with van der Waals surface area (Å²) in [6.45, 7) is 1.34. The van der Waals surface area contributed by atoms with Crippen molar-refractivity contribution < 1.29 is 19.4 Å². The maximum atomic E-state index is 11.0. The van der Waals surface area contributed by atoms with E-state index in [2.05, 4.69) is 0 Å². The Hall–Kier alpha value is -2.62. The van der Waals surface area contributed by atoms with Crippen LogP contribution < -0.4 is 4.74 Å². The minimum Gasteiger partial charge on any atom is -0.478 e. The molecule has 0 aromatic heterocycles. The van der Waals surface area contributed by atoms with Crippen LogP contribution in [-0.2, 0) is 4.79 Å². The van der Waals surface area contributed by atoms with E-state index < -0.39 is 11.9 Å². The number of ether oxygens (including phenoxy) is 1. The molecule has 0 heterocycles. The van der Waals surface area contributed by atoms with Crippen molar-refractivity contribution in [1.82, 2.24) is 0 Å². The molecule has 2 aromatic carbocycles. The van der Waals surface area contributed by atoms with E-state index in [-0.39, 0.29) is 5.56 Å². The molecule has 4 nitrogen and oxygen atoms in total. The summed E-state index contributed by atoms with van der Waals surface area (Å²) in [6.07, 6.45) is 0. The van der Waals surface area contributed by atoms with Crippen molar-refractivity contribution in [3.8, 4) is 16.9 Å². The summed E-state index contributed by atoms with van der Waals surface area (Å²) in [4.78, 5) is 21.8. The van der Waals surface area contributed by atoms with Crippen molar-refractivity contribution in [2.24, 2.45) is 0 Å². The SMILES string of the molecule is CC(=O)Oc1ccccc1-c1ccc(C(=O)O)cc1. The number of esters is 1. The number of carboxylic acids is 1. The third-order valence-electron chi connectivity index (χ3n) is 2.58. The topological polar surface area (TPSA) is 63.6 Å². The van der Waals surface area contributed by atoms with Crippen molar-refractivity contribution in [3.63, 3.8) is 0 Å². The van der Waals surface area contributed by atoms with Crippen LogP contribution in [0.25, 0.3) is 11.1 Å². The first kappa shape index (κ1) is 12.8. The van der Waals surface area contributed by atoms with E-state index in [1.165, 1.54) is 19.1 Å². The van der Waals surface area contributed by atoms with Gasteiger partial charge in [-0.25, -0.2) is 4.79 Å². The average molecular weight is 256 g/mol. The van der Waals surface area contributed by atoms with Gasteiger partial charge in [0.2, 0.25) is 0 Å². The second kappa shape index (κ2) is 5.35. The minimum atomic E-state index is -0.972. The molecule has 96 valence electrons. The number of carboxylic acid groups (broad SMARTS) is 1. The van der Waals surface area contributed by atoms with Crippen LogP contribution in [0.3, 0.4) is 0 Å². The molecule has 0 spiro atoms. The first-order valence-corrected chi connectivity index (χ1v) is 5.69. The highest BCUT2D eigenvalue weighted by Crippen LogP contribution is 2.30. The molecule has 0 radical (unpaired) electrons. The second-order valence-electron chi connectivity index (χ2n) is 3.97. The van der Waals surface area contributed by atoms with Crippen LogP contribution in [0.1, 0.15) is 17.3 Å². The monoisotopic (exact) mass is 256 g/mol. The zero-order valence-corrected chi connectivity index (χ0v) is 10.3. The Bertz CT molecular complexity index is 614. The van der Waals surface area contributed by atoms with E-state index in [9.17, 15) is 9.59 Å². The first-order valence-electron chi connectivity index (χ1n) is 5.69. The predicted octanol–water partition coefficient (Wildman–Crippen LogP) is 2.98. The first-order chi connectivity index (χ1) is 9.08. The lowest BCUT2D eigenvalue weighted by Crippen LogP contribution is -2.02. The second-order valence-corrected chi connectivity index (χ2v) is 3.97. The molecule has 0 saturated carbocycles. The van der Waals surface area contributed by atoms with Crippen LogP contribution in [0.15, 0.2) is 48.5 Å². The van der Waals surface area contributed by atoms with Gasteiger partial charge in [-0.3, -0.25) is 4.79 Å². The van der Waals surface area contributed by atoms with Gasteiger partial charge in [0.1, 0.15) is 5.75 Å². The molecule has 0 aliphatic carbocycles. The highest BCUT2D eigenvalue weighted by atomic mass is 16.5. The summed E-state index contributed by atoms with van der Waals surface area (Å²) >= 11 is 0. The Kier molecular flexibility index (Phi) is 3.61. The van der Waals surface area contributed by atoms with Crippen LogP contribution in [0.2, 0.25) is 0 Å². The standard InChI is InChI=1S/C15H12O4/c1-10(16)19-14-5-3-2-4-13(14)11-6-8-12(9-7-11)15(17)18/h2-9H,1H3,(H,17,18).